The van der Waals surface area contributed by atoms with Gasteiger partial charge >= 0.3 is 5.97 Å². The summed E-state index contributed by atoms with van der Waals surface area (Å²) in [4.78, 5) is 16.5. The van der Waals surface area contributed by atoms with E-state index < -0.39 is 12.0 Å². The van der Waals surface area contributed by atoms with Crippen molar-refractivity contribution >= 4 is 39.2 Å². The summed E-state index contributed by atoms with van der Waals surface area (Å²) in [6.45, 7) is 4.32. The molecule has 0 saturated heterocycles. The van der Waals surface area contributed by atoms with Crippen LogP contribution in [0.5, 0.6) is 0 Å². The normalized spacial score (nSPS) is 17.5. The second kappa shape index (κ2) is 8.99. The van der Waals surface area contributed by atoms with E-state index in [1.54, 1.807) is 24.9 Å². The van der Waals surface area contributed by atoms with E-state index in [1.807, 2.05) is 7.05 Å². The van der Waals surface area contributed by atoms with Crippen LogP contribution in [0.25, 0.3) is 0 Å². The van der Waals surface area contributed by atoms with Crippen molar-refractivity contribution in [2.24, 2.45) is 4.99 Å². The van der Waals surface area contributed by atoms with Gasteiger partial charge in [0.2, 0.25) is 0 Å². The number of hydrogen-bond acceptors (Lipinski definition) is 5. The van der Waals surface area contributed by atoms with Gasteiger partial charge in [-0.1, -0.05) is 39.5 Å². The number of allylic oxidation sites excluding steroid dienone is 1. The molecule has 1 rings (SSSR count). The first-order valence-electron chi connectivity index (χ1n) is 6.78. The Balaban J connectivity index is 3.16. The number of likely N-dealkylation sites (N-methyl/N-ethyl adjacent to an activating group) is 1. The number of ether oxygens (including phenoxy) is 1. The molecule has 1 aliphatic heterocycles. The van der Waals surface area contributed by atoms with Crippen LogP contribution < -0.4 is 5.43 Å². The maximum absolute atomic E-state index is 12.0. The molecule has 1 heterocycles. The number of nitrogens with one attached hydrogen (secondary N) is 1. The van der Waals surface area contributed by atoms with Crippen LogP contribution in [-0.4, -0.2) is 48.3 Å². The Morgan fingerprint density at radius 1 is 1.73 bits per heavy atom. The minimum atomic E-state index is -0.579. The molecule has 7 heteroatoms. The molecule has 0 amide bonds. The smallest absolute Gasteiger partial charge is 0.339 e. The van der Waals surface area contributed by atoms with E-state index in [1.165, 1.54) is 0 Å². The number of hydrazine groups is 1. The Bertz CT molecular complexity index is 564. The van der Waals surface area contributed by atoms with E-state index in [4.69, 9.17) is 22.8 Å². The first kappa shape index (κ1) is 18.8. The highest BCUT2D eigenvalue weighted by molar-refractivity contribution is 9.09. The van der Waals surface area contributed by atoms with Gasteiger partial charge in [0.05, 0.1) is 35.2 Å². The maximum Gasteiger partial charge on any atom is 0.339 e. The van der Waals surface area contributed by atoms with Gasteiger partial charge in [-0.15, -0.1) is 6.42 Å². The van der Waals surface area contributed by atoms with Gasteiger partial charge in [-0.05, 0) is 13.8 Å². The van der Waals surface area contributed by atoms with E-state index >= 15 is 0 Å². The molecule has 0 aliphatic carbocycles. The number of halogens is 2. The van der Waals surface area contributed by atoms with E-state index in [0.29, 0.717) is 40.5 Å². The molecular weight excluding hydrogens is 370 g/mol. The van der Waals surface area contributed by atoms with Gasteiger partial charge in [-0.2, -0.15) is 0 Å². The Morgan fingerprint density at radius 3 is 2.82 bits per heavy atom. The Kier molecular flexibility index (Phi) is 7.66. The fourth-order valence-corrected chi connectivity index (χ4v) is 2.73. The van der Waals surface area contributed by atoms with Gasteiger partial charge in [-0.25, -0.2) is 10.2 Å². The average molecular weight is 389 g/mol. The van der Waals surface area contributed by atoms with Crippen molar-refractivity contribution in [2.75, 3.05) is 25.5 Å². The molecule has 0 fully saturated rings. The summed E-state index contributed by atoms with van der Waals surface area (Å²) in [6, 6.07) is -0.579. The lowest BCUT2D eigenvalue weighted by atomic mass is 10.1. The van der Waals surface area contributed by atoms with E-state index in [0.717, 1.165) is 0 Å². The lowest BCUT2D eigenvalue weighted by molar-refractivity contribution is -0.137. The molecule has 0 aromatic heterocycles. The average Bonchev–Trinajstić information content (AvgIpc) is 2.83. The molecular formula is C15H19BrClN3O2. The van der Waals surface area contributed by atoms with E-state index in [9.17, 15) is 4.79 Å². The lowest BCUT2D eigenvalue weighted by Crippen LogP contribution is -2.31. The lowest BCUT2D eigenvalue weighted by Gasteiger charge is -2.20. The molecule has 0 spiro atoms. The third-order valence-corrected chi connectivity index (χ3v) is 3.89. The summed E-state index contributed by atoms with van der Waals surface area (Å²) in [6.07, 6.45) is 7.27. The van der Waals surface area contributed by atoms with Gasteiger partial charge < -0.3 is 9.75 Å². The van der Waals surface area contributed by atoms with Crippen LogP contribution >= 0.6 is 27.5 Å². The van der Waals surface area contributed by atoms with Crippen molar-refractivity contribution < 1.29 is 9.53 Å². The van der Waals surface area contributed by atoms with Gasteiger partial charge in [0.15, 0.2) is 6.04 Å². The second-order valence-corrected chi connectivity index (χ2v) is 5.40. The number of rotatable bonds is 6. The fourth-order valence-electron chi connectivity index (χ4n) is 2.00. The van der Waals surface area contributed by atoms with Crippen molar-refractivity contribution in [3.63, 3.8) is 0 Å². The third-order valence-electron chi connectivity index (χ3n) is 3.03. The number of carbonyl (C=O) groups is 1. The van der Waals surface area contributed by atoms with Crippen LogP contribution in [0.15, 0.2) is 27.4 Å². The molecule has 22 heavy (non-hydrogen) atoms. The van der Waals surface area contributed by atoms with Crippen molar-refractivity contribution in [1.29, 1.82) is 0 Å². The van der Waals surface area contributed by atoms with E-state index in [-0.39, 0.29) is 0 Å². The summed E-state index contributed by atoms with van der Waals surface area (Å²) in [5.74, 6) is 2.19. The van der Waals surface area contributed by atoms with Crippen molar-refractivity contribution in [3.05, 3.63) is 22.4 Å². The molecule has 0 aromatic rings. The zero-order valence-corrected chi connectivity index (χ0v) is 15.2. The van der Waals surface area contributed by atoms with Gasteiger partial charge in [0.1, 0.15) is 0 Å². The van der Waals surface area contributed by atoms with Crippen LogP contribution in [0.3, 0.4) is 0 Å². The van der Waals surface area contributed by atoms with Crippen molar-refractivity contribution in [3.8, 4) is 12.3 Å². The Hall–Kier alpha value is -1.29. The standard InChI is InChI=1S/C15H19BrClN3O2/c1-5-10(15(21)22-7-3)13(8-16)19-12(6-2)14-11(17)9-18-20(14)4/h2,5,12,18H,7-9H2,1,3-4H3/b10-5+,19-13-. The zero-order chi connectivity index (χ0) is 16.7. The minimum Gasteiger partial charge on any atom is -0.462 e. The predicted molar refractivity (Wildman–Crippen MR) is 92.9 cm³/mol. The summed E-state index contributed by atoms with van der Waals surface area (Å²) in [7, 11) is 1.82. The van der Waals surface area contributed by atoms with Gasteiger partial charge in [0, 0.05) is 12.4 Å². The Morgan fingerprint density at radius 2 is 2.41 bits per heavy atom. The molecule has 1 atom stereocenters. The molecule has 0 radical (unpaired) electrons. The molecule has 0 saturated carbocycles. The van der Waals surface area contributed by atoms with Gasteiger partial charge in [-0.3, -0.25) is 4.99 Å². The highest BCUT2D eigenvalue weighted by Gasteiger charge is 2.26. The van der Waals surface area contributed by atoms with Crippen LogP contribution in [-0.2, 0) is 9.53 Å². The minimum absolute atomic E-state index is 0.300. The number of terminal acetylenes is 1. The quantitative estimate of drug-likeness (QED) is 0.249. The Labute approximate surface area is 144 Å². The number of aliphatic imine (C=N–C) groups is 1. The first-order valence-corrected chi connectivity index (χ1v) is 8.28. The van der Waals surface area contributed by atoms with Crippen molar-refractivity contribution in [1.82, 2.24) is 10.4 Å². The summed E-state index contributed by atoms with van der Waals surface area (Å²) >= 11 is 9.54. The van der Waals surface area contributed by atoms with Crippen LogP contribution in [0.4, 0.5) is 0 Å². The van der Waals surface area contributed by atoms with Crippen LogP contribution in [0, 0.1) is 12.3 Å². The van der Waals surface area contributed by atoms with Gasteiger partial charge in [0.25, 0.3) is 0 Å². The summed E-state index contributed by atoms with van der Waals surface area (Å²) in [5.41, 5.74) is 4.69. The second-order valence-electron chi connectivity index (χ2n) is 4.39. The summed E-state index contributed by atoms with van der Waals surface area (Å²) < 4.78 is 5.04. The fraction of sp³-hybridized carbons (Fsp3) is 0.467. The molecule has 1 N–H and O–H groups in total. The number of hydrogen-bond donors (Lipinski definition) is 1. The monoisotopic (exact) mass is 387 g/mol. The number of alkyl halides is 1. The molecule has 1 aliphatic rings. The molecule has 120 valence electrons. The van der Waals surface area contributed by atoms with Crippen LogP contribution in [0.1, 0.15) is 13.8 Å². The molecule has 0 aromatic carbocycles. The molecule has 5 nitrogen and oxygen atoms in total. The predicted octanol–water partition coefficient (Wildman–Crippen LogP) is 2.23. The molecule has 0 bridgehead atoms. The highest BCUT2D eigenvalue weighted by atomic mass is 79.9. The number of carbonyl (C=O) groups excluding carboxylic acids is 1. The first-order chi connectivity index (χ1) is 10.5. The van der Waals surface area contributed by atoms with E-state index in [2.05, 4.69) is 32.3 Å². The van der Waals surface area contributed by atoms with Crippen molar-refractivity contribution in [2.45, 2.75) is 19.9 Å². The summed E-state index contributed by atoms with van der Waals surface area (Å²) in [5, 5.41) is 2.74. The third kappa shape index (κ3) is 4.35. The number of esters is 1. The number of nitrogens with zero attached hydrogens (tertiary/aromatic N) is 2. The topological polar surface area (TPSA) is 53.9 Å². The maximum atomic E-state index is 12.0. The molecule has 1 unspecified atom stereocenters. The zero-order valence-electron chi connectivity index (χ0n) is 12.8. The highest BCUT2D eigenvalue weighted by Crippen LogP contribution is 2.23. The van der Waals surface area contributed by atoms with Crippen LogP contribution in [0.2, 0.25) is 0 Å². The largest absolute Gasteiger partial charge is 0.462 e. The SMILES string of the molecule is C#CC(/N=C(CBr)\C(=C/C)C(=O)OCC)C1=C(Cl)CNN1C.